The number of nitrogens with zero attached hydrogens (tertiary/aromatic N) is 1. The SMILES string of the molecule is O=C(O)C1CN(C(=O)CC2CCCN2)C1. The van der Waals surface area contributed by atoms with Crippen molar-refractivity contribution in [2.75, 3.05) is 19.6 Å². The number of hydrogen-bond donors (Lipinski definition) is 2. The second kappa shape index (κ2) is 4.18. The molecule has 15 heavy (non-hydrogen) atoms. The zero-order chi connectivity index (χ0) is 10.8. The molecule has 0 radical (unpaired) electrons. The zero-order valence-corrected chi connectivity index (χ0v) is 8.61. The van der Waals surface area contributed by atoms with Gasteiger partial charge in [0.1, 0.15) is 0 Å². The van der Waals surface area contributed by atoms with Crippen molar-refractivity contribution < 1.29 is 14.7 Å². The first-order valence-corrected chi connectivity index (χ1v) is 5.41. The van der Waals surface area contributed by atoms with Crippen molar-refractivity contribution in [3.8, 4) is 0 Å². The van der Waals surface area contributed by atoms with Crippen LogP contribution in [-0.4, -0.2) is 47.6 Å². The summed E-state index contributed by atoms with van der Waals surface area (Å²) in [6, 6.07) is 0.307. The van der Waals surface area contributed by atoms with Crippen LogP contribution in [0.5, 0.6) is 0 Å². The number of carbonyl (C=O) groups is 2. The van der Waals surface area contributed by atoms with E-state index in [0.717, 1.165) is 19.4 Å². The lowest BCUT2D eigenvalue weighted by molar-refractivity contribution is -0.152. The van der Waals surface area contributed by atoms with E-state index in [2.05, 4.69) is 5.32 Å². The Morgan fingerprint density at radius 1 is 1.40 bits per heavy atom. The molecule has 0 spiro atoms. The van der Waals surface area contributed by atoms with Crippen molar-refractivity contribution in [1.82, 2.24) is 10.2 Å². The van der Waals surface area contributed by atoms with Crippen molar-refractivity contribution in [1.29, 1.82) is 0 Å². The molecule has 5 heteroatoms. The lowest BCUT2D eigenvalue weighted by Gasteiger charge is -2.37. The van der Waals surface area contributed by atoms with Gasteiger partial charge in [0.05, 0.1) is 5.92 Å². The number of likely N-dealkylation sites (tertiary alicyclic amines) is 1. The first-order chi connectivity index (χ1) is 7.16. The van der Waals surface area contributed by atoms with Crippen LogP contribution in [0.4, 0.5) is 0 Å². The Bertz CT molecular complexity index is 268. The molecule has 2 saturated heterocycles. The molecule has 2 N–H and O–H groups in total. The maximum Gasteiger partial charge on any atom is 0.310 e. The second-order valence-electron chi connectivity index (χ2n) is 4.33. The van der Waals surface area contributed by atoms with Crippen LogP contribution in [0.2, 0.25) is 0 Å². The average Bonchev–Trinajstić information content (AvgIpc) is 2.52. The average molecular weight is 212 g/mol. The van der Waals surface area contributed by atoms with E-state index in [9.17, 15) is 9.59 Å². The highest BCUT2D eigenvalue weighted by Gasteiger charge is 2.36. The van der Waals surface area contributed by atoms with Crippen molar-refractivity contribution >= 4 is 11.9 Å². The zero-order valence-electron chi connectivity index (χ0n) is 8.61. The Balaban J connectivity index is 1.71. The maximum atomic E-state index is 11.6. The minimum absolute atomic E-state index is 0.0897. The lowest BCUT2D eigenvalue weighted by atomic mass is 9.99. The van der Waals surface area contributed by atoms with Gasteiger partial charge < -0.3 is 15.3 Å². The van der Waals surface area contributed by atoms with Crippen molar-refractivity contribution in [3.63, 3.8) is 0 Å². The number of aliphatic carboxylic acids is 1. The summed E-state index contributed by atoms with van der Waals surface area (Å²) in [4.78, 5) is 23.8. The van der Waals surface area contributed by atoms with E-state index in [-0.39, 0.29) is 11.8 Å². The molecule has 1 atom stereocenters. The number of carbonyl (C=O) groups excluding carboxylic acids is 1. The first-order valence-electron chi connectivity index (χ1n) is 5.41. The van der Waals surface area contributed by atoms with Crippen LogP contribution >= 0.6 is 0 Å². The van der Waals surface area contributed by atoms with E-state index in [1.807, 2.05) is 0 Å². The molecule has 2 rings (SSSR count). The summed E-state index contributed by atoms with van der Waals surface area (Å²) >= 11 is 0. The lowest BCUT2D eigenvalue weighted by Crippen LogP contribution is -2.53. The smallest absolute Gasteiger partial charge is 0.310 e. The Kier molecular flexibility index (Phi) is 2.90. The van der Waals surface area contributed by atoms with Gasteiger partial charge in [0.15, 0.2) is 0 Å². The van der Waals surface area contributed by atoms with Crippen molar-refractivity contribution in [2.45, 2.75) is 25.3 Å². The first kappa shape index (κ1) is 10.4. The molecule has 5 nitrogen and oxygen atoms in total. The Morgan fingerprint density at radius 3 is 2.67 bits per heavy atom. The van der Waals surface area contributed by atoms with E-state index in [4.69, 9.17) is 5.11 Å². The number of amides is 1. The van der Waals surface area contributed by atoms with Gasteiger partial charge in [-0.2, -0.15) is 0 Å². The fraction of sp³-hybridized carbons (Fsp3) is 0.800. The predicted octanol–water partition coefficient (Wildman–Crippen LogP) is -0.329. The van der Waals surface area contributed by atoms with E-state index in [0.29, 0.717) is 25.6 Å². The Morgan fingerprint density at radius 2 is 2.13 bits per heavy atom. The van der Waals surface area contributed by atoms with Gasteiger partial charge in [-0.25, -0.2) is 0 Å². The normalized spacial score (nSPS) is 26.4. The van der Waals surface area contributed by atoms with Crippen LogP contribution in [0, 0.1) is 5.92 Å². The summed E-state index contributed by atoms with van der Waals surface area (Å²) < 4.78 is 0. The molecule has 2 aliphatic heterocycles. The van der Waals surface area contributed by atoms with Crippen LogP contribution < -0.4 is 5.32 Å². The third-order valence-electron chi connectivity index (χ3n) is 3.17. The minimum atomic E-state index is -0.793. The highest BCUT2D eigenvalue weighted by atomic mass is 16.4. The van der Waals surface area contributed by atoms with Gasteiger partial charge in [-0.3, -0.25) is 9.59 Å². The topological polar surface area (TPSA) is 69.6 Å². The molecule has 0 aromatic carbocycles. The predicted molar refractivity (Wildman–Crippen MR) is 53.3 cm³/mol. The molecule has 0 aromatic rings. The highest BCUT2D eigenvalue weighted by molar-refractivity contribution is 5.81. The molecule has 0 saturated carbocycles. The van der Waals surface area contributed by atoms with Gasteiger partial charge in [-0.1, -0.05) is 0 Å². The summed E-state index contributed by atoms with van der Waals surface area (Å²) in [6.07, 6.45) is 2.71. The molecule has 0 aromatic heterocycles. The van der Waals surface area contributed by atoms with Gasteiger partial charge in [0.2, 0.25) is 5.91 Å². The molecule has 2 fully saturated rings. The van der Waals surface area contributed by atoms with Gasteiger partial charge in [-0.15, -0.1) is 0 Å². The monoisotopic (exact) mass is 212 g/mol. The summed E-state index contributed by atoms with van der Waals surface area (Å²) in [7, 11) is 0. The van der Waals surface area contributed by atoms with Gasteiger partial charge in [0.25, 0.3) is 0 Å². The number of carboxylic acid groups (broad SMARTS) is 1. The van der Waals surface area contributed by atoms with Gasteiger partial charge in [0, 0.05) is 25.6 Å². The molecule has 2 heterocycles. The third kappa shape index (κ3) is 2.28. The molecule has 1 amide bonds. The van der Waals surface area contributed by atoms with Crippen LogP contribution in [-0.2, 0) is 9.59 Å². The van der Waals surface area contributed by atoms with E-state index < -0.39 is 5.97 Å². The van der Waals surface area contributed by atoms with Crippen molar-refractivity contribution in [2.24, 2.45) is 5.92 Å². The molecular formula is C10H16N2O3. The highest BCUT2D eigenvalue weighted by Crippen LogP contribution is 2.18. The summed E-state index contributed by atoms with van der Waals surface area (Å²) in [5.74, 6) is -1.05. The van der Waals surface area contributed by atoms with Crippen molar-refractivity contribution in [3.05, 3.63) is 0 Å². The van der Waals surface area contributed by atoms with Gasteiger partial charge in [-0.05, 0) is 19.4 Å². The Hall–Kier alpha value is -1.10. The van der Waals surface area contributed by atoms with E-state index in [1.54, 1.807) is 4.90 Å². The molecule has 2 aliphatic rings. The van der Waals surface area contributed by atoms with Gasteiger partial charge >= 0.3 is 5.97 Å². The Labute approximate surface area is 88.4 Å². The largest absolute Gasteiger partial charge is 0.481 e. The summed E-state index contributed by atoms with van der Waals surface area (Å²) in [6.45, 7) is 1.78. The molecule has 84 valence electrons. The summed E-state index contributed by atoms with van der Waals surface area (Å²) in [5, 5.41) is 11.9. The fourth-order valence-corrected chi connectivity index (χ4v) is 2.11. The second-order valence-corrected chi connectivity index (χ2v) is 4.33. The van der Waals surface area contributed by atoms with Crippen LogP contribution in [0.3, 0.4) is 0 Å². The summed E-state index contributed by atoms with van der Waals surface area (Å²) in [5.41, 5.74) is 0. The number of hydrogen-bond acceptors (Lipinski definition) is 3. The number of carboxylic acids is 1. The maximum absolute atomic E-state index is 11.6. The fourth-order valence-electron chi connectivity index (χ4n) is 2.11. The van der Waals surface area contributed by atoms with Crippen LogP contribution in [0.1, 0.15) is 19.3 Å². The molecule has 0 bridgehead atoms. The minimum Gasteiger partial charge on any atom is -0.481 e. The standard InChI is InChI=1S/C10H16N2O3/c13-9(4-8-2-1-3-11-8)12-5-7(6-12)10(14)15/h7-8,11H,1-6H2,(H,14,15). The molecule has 0 aliphatic carbocycles. The van der Waals surface area contributed by atoms with Crippen LogP contribution in [0.15, 0.2) is 0 Å². The van der Waals surface area contributed by atoms with E-state index in [1.165, 1.54) is 0 Å². The molecular weight excluding hydrogens is 196 g/mol. The number of nitrogens with one attached hydrogen (secondary N) is 1. The van der Waals surface area contributed by atoms with E-state index >= 15 is 0 Å². The molecule has 1 unspecified atom stereocenters. The number of rotatable bonds is 3. The quantitative estimate of drug-likeness (QED) is 0.672. The third-order valence-corrected chi connectivity index (χ3v) is 3.17. The van der Waals surface area contributed by atoms with Crippen LogP contribution in [0.25, 0.3) is 0 Å².